The van der Waals surface area contributed by atoms with E-state index in [2.05, 4.69) is 30.7 Å². The molecule has 2 fully saturated rings. The fraction of sp³-hybridized carbons (Fsp3) is 0.400. The average molecular weight is 604 g/mol. The van der Waals surface area contributed by atoms with E-state index in [0.29, 0.717) is 64.9 Å². The molecule has 0 spiro atoms. The van der Waals surface area contributed by atoms with Crippen LogP contribution in [0.2, 0.25) is 0 Å². The van der Waals surface area contributed by atoms with Gasteiger partial charge in [-0.15, -0.1) is 11.3 Å². The molecule has 0 atom stereocenters. The minimum atomic E-state index is -1.08. The molecule has 224 valence electrons. The van der Waals surface area contributed by atoms with Crippen LogP contribution in [-0.4, -0.2) is 88.8 Å². The highest BCUT2D eigenvalue weighted by Crippen LogP contribution is 2.43. The molecule has 5 heterocycles. The molecular formula is C30H33N7O5S. The summed E-state index contributed by atoms with van der Waals surface area (Å²) in [5.41, 5.74) is 1.39. The van der Waals surface area contributed by atoms with Crippen LogP contribution in [0, 0.1) is 0 Å². The maximum atomic E-state index is 13.5. The number of carbonyl (C=O) groups excluding carboxylic acids is 3. The highest BCUT2D eigenvalue weighted by Gasteiger charge is 2.41. The van der Waals surface area contributed by atoms with Crippen molar-refractivity contribution in [3.05, 3.63) is 47.1 Å². The molecule has 0 unspecified atom stereocenters. The van der Waals surface area contributed by atoms with Gasteiger partial charge in [0.1, 0.15) is 11.6 Å². The zero-order valence-electron chi connectivity index (χ0n) is 24.0. The number of hydrogen-bond acceptors (Lipinski definition) is 8. The van der Waals surface area contributed by atoms with Crippen molar-refractivity contribution in [1.29, 1.82) is 0 Å². The van der Waals surface area contributed by atoms with Crippen molar-refractivity contribution in [3.63, 3.8) is 0 Å². The molecule has 2 aliphatic heterocycles. The second kappa shape index (κ2) is 10.8. The number of ether oxygens (including phenoxy) is 2. The number of aromatic nitrogens is 3. The number of aromatic amines is 2. The van der Waals surface area contributed by atoms with Gasteiger partial charge in [0.2, 0.25) is 0 Å². The molecule has 13 heteroatoms. The summed E-state index contributed by atoms with van der Waals surface area (Å²) >= 11 is 1.34. The fourth-order valence-electron chi connectivity index (χ4n) is 5.53. The number of H-pyrrole nitrogens is 2. The van der Waals surface area contributed by atoms with Crippen LogP contribution >= 0.6 is 11.3 Å². The van der Waals surface area contributed by atoms with Crippen LogP contribution in [-0.2, 0) is 9.53 Å². The molecule has 12 nitrogen and oxygen atoms in total. The summed E-state index contributed by atoms with van der Waals surface area (Å²) in [6, 6.07) is 7.38. The number of amides is 3. The number of fused-ring (bicyclic) bond motifs is 2. The van der Waals surface area contributed by atoms with Gasteiger partial charge in [-0.1, -0.05) is 0 Å². The van der Waals surface area contributed by atoms with Gasteiger partial charge in [-0.25, -0.2) is 0 Å². The molecule has 3 aliphatic rings. The quantitative estimate of drug-likeness (QED) is 0.241. The van der Waals surface area contributed by atoms with E-state index in [-0.39, 0.29) is 23.8 Å². The number of anilines is 2. The first-order valence-electron chi connectivity index (χ1n) is 14.5. The van der Waals surface area contributed by atoms with E-state index in [4.69, 9.17) is 9.47 Å². The highest BCUT2D eigenvalue weighted by molar-refractivity contribution is 7.17. The number of thiophene rings is 1. The molecule has 4 aromatic rings. The molecule has 1 saturated heterocycles. The Morgan fingerprint density at radius 3 is 2.70 bits per heavy atom. The second-order valence-corrected chi connectivity index (χ2v) is 12.7. The molecule has 7 rings (SSSR count). The summed E-state index contributed by atoms with van der Waals surface area (Å²) < 4.78 is 11.7. The van der Waals surface area contributed by atoms with E-state index in [1.54, 1.807) is 43.3 Å². The molecule has 1 aliphatic carbocycles. The Labute approximate surface area is 251 Å². The molecule has 4 N–H and O–H groups in total. The summed E-state index contributed by atoms with van der Waals surface area (Å²) in [7, 11) is 0. The minimum absolute atomic E-state index is 0.122. The molecule has 43 heavy (non-hydrogen) atoms. The van der Waals surface area contributed by atoms with Crippen LogP contribution in [0.15, 0.2) is 36.7 Å². The predicted molar refractivity (Wildman–Crippen MR) is 163 cm³/mol. The van der Waals surface area contributed by atoms with Gasteiger partial charge in [0, 0.05) is 54.2 Å². The molecule has 0 radical (unpaired) electrons. The summed E-state index contributed by atoms with van der Waals surface area (Å²) in [5, 5.41) is 13.4. The van der Waals surface area contributed by atoms with Gasteiger partial charge in [0.05, 0.1) is 41.1 Å². The first-order chi connectivity index (χ1) is 20.8. The second-order valence-electron chi connectivity index (χ2n) is 11.6. The molecule has 1 saturated carbocycles. The summed E-state index contributed by atoms with van der Waals surface area (Å²) in [5.74, 6) is 0.0648. The third-order valence-electron chi connectivity index (χ3n) is 8.03. The summed E-state index contributed by atoms with van der Waals surface area (Å²) in [6.07, 6.45) is 5.32. The van der Waals surface area contributed by atoms with Crippen molar-refractivity contribution in [2.24, 2.45) is 0 Å². The van der Waals surface area contributed by atoms with Crippen LogP contribution in [0.25, 0.3) is 21.3 Å². The van der Waals surface area contributed by atoms with Crippen LogP contribution in [0.5, 0.6) is 5.75 Å². The van der Waals surface area contributed by atoms with Crippen molar-refractivity contribution < 1.29 is 23.9 Å². The minimum Gasteiger partial charge on any atom is -0.476 e. The van der Waals surface area contributed by atoms with Gasteiger partial charge in [0.15, 0.2) is 5.60 Å². The van der Waals surface area contributed by atoms with E-state index >= 15 is 0 Å². The third kappa shape index (κ3) is 5.39. The average Bonchev–Trinajstić information content (AvgIpc) is 3.35. The Balaban J connectivity index is 1.24. The van der Waals surface area contributed by atoms with Crippen molar-refractivity contribution in [2.75, 3.05) is 49.6 Å². The van der Waals surface area contributed by atoms with Crippen molar-refractivity contribution >= 4 is 51.5 Å². The Bertz CT molecular complexity index is 1700. The smallest absolute Gasteiger partial charge is 0.270 e. The summed E-state index contributed by atoms with van der Waals surface area (Å²) in [6.45, 7) is 7.70. The van der Waals surface area contributed by atoms with Crippen LogP contribution in [0.4, 0.5) is 11.5 Å². The van der Waals surface area contributed by atoms with Gasteiger partial charge >= 0.3 is 0 Å². The van der Waals surface area contributed by atoms with Crippen LogP contribution in [0.3, 0.4) is 0 Å². The molecule has 0 bridgehead atoms. The normalized spacial score (nSPS) is 18.4. The number of rotatable bonds is 8. The fourth-order valence-corrected chi connectivity index (χ4v) is 6.42. The van der Waals surface area contributed by atoms with E-state index in [1.807, 2.05) is 12.1 Å². The molecular weight excluding hydrogens is 570 g/mol. The van der Waals surface area contributed by atoms with Crippen LogP contribution < -0.4 is 20.3 Å². The number of hydrogen-bond donors (Lipinski definition) is 4. The largest absolute Gasteiger partial charge is 0.476 e. The third-order valence-corrected chi connectivity index (χ3v) is 9.16. The maximum Gasteiger partial charge on any atom is 0.270 e. The molecule has 3 amide bonds. The lowest BCUT2D eigenvalue weighted by atomic mass is 10.0. The lowest BCUT2D eigenvalue weighted by molar-refractivity contribution is -0.132. The zero-order valence-corrected chi connectivity index (χ0v) is 24.8. The number of benzene rings is 1. The lowest BCUT2D eigenvalue weighted by Crippen LogP contribution is -2.54. The van der Waals surface area contributed by atoms with E-state index in [1.165, 1.54) is 11.3 Å². The lowest BCUT2D eigenvalue weighted by Gasteiger charge is -2.40. The monoisotopic (exact) mass is 603 g/mol. The number of nitrogens with one attached hydrogen (secondary N) is 4. The molecule has 3 aromatic heterocycles. The Kier molecular flexibility index (Phi) is 6.95. The SMILES string of the molecule is CC1(C)Oc2cc3c(C(=O)NC4CC4)c(NC(=O)c4ccc(-c5cn[nH]c5)s4)[nH]c3cc2N(CCN2CCOCC2)C1=O. The highest BCUT2D eigenvalue weighted by atomic mass is 32.1. The Morgan fingerprint density at radius 2 is 1.95 bits per heavy atom. The predicted octanol–water partition coefficient (Wildman–Crippen LogP) is 3.60. The number of nitrogens with zero attached hydrogens (tertiary/aromatic N) is 3. The van der Waals surface area contributed by atoms with Gasteiger partial charge in [-0.05, 0) is 51.0 Å². The van der Waals surface area contributed by atoms with Gasteiger partial charge in [-0.2, -0.15) is 5.10 Å². The van der Waals surface area contributed by atoms with Crippen molar-refractivity contribution in [3.8, 4) is 16.2 Å². The summed E-state index contributed by atoms with van der Waals surface area (Å²) in [4.78, 5) is 49.2. The Morgan fingerprint density at radius 1 is 1.14 bits per heavy atom. The first kappa shape index (κ1) is 27.6. The van der Waals surface area contributed by atoms with Gasteiger partial charge in [0.25, 0.3) is 17.7 Å². The first-order valence-corrected chi connectivity index (χ1v) is 15.3. The number of morpholine rings is 1. The maximum absolute atomic E-state index is 13.5. The van der Waals surface area contributed by atoms with E-state index in [0.717, 1.165) is 36.4 Å². The van der Waals surface area contributed by atoms with Gasteiger partial charge in [-0.3, -0.25) is 24.4 Å². The van der Waals surface area contributed by atoms with E-state index in [9.17, 15) is 14.4 Å². The van der Waals surface area contributed by atoms with E-state index < -0.39 is 5.60 Å². The zero-order chi connectivity index (χ0) is 29.7. The van der Waals surface area contributed by atoms with Crippen LogP contribution in [0.1, 0.15) is 46.7 Å². The Hall–Kier alpha value is -4.20. The molecule has 1 aromatic carbocycles. The number of carbonyl (C=O) groups is 3. The topological polar surface area (TPSA) is 145 Å². The van der Waals surface area contributed by atoms with Crippen molar-refractivity contribution in [2.45, 2.75) is 38.3 Å². The van der Waals surface area contributed by atoms with Crippen molar-refractivity contribution in [1.82, 2.24) is 25.4 Å². The van der Waals surface area contributed by atoms with Gasteiger partial charge < -0.3 is 30.0 Å². The standard InChI is InChI=1S/C30H33N7O5S/c1-30(2)29(40)37(8-7-36-9-11-41-12-10-36)21-14-20-19(13-22(21)42-30)25(28(39)33-18-3-4-18)26(34-20)35-27(38)24-6-5-23(43-24)17-15-31-32-16-17/h5-6,13-16,18,34H,3-4,7-12H2,1-2H3,(H,31,32)(H,33,39)(H,35,38).